The number of hydrogen-bond donors (Lipinski definition) is 4. The molecule has 1 aromatic carbocycles. The van der Waals surface area contributed by atoms with Gasteiger partial charge >= 0.3 is 0 Å². The van der Waals surface area contributed by atoms with Gasteiger partial charge in [-0.25, -0.2) is 28.1 Å². The van der Waals surface area contributed by atoms with Crippen LogP contribution in [0.2, 0.25) is 0 Å². The maximum absolute atomic E-state index is 14.3. The van der Waals surface area contributed by atoms with E-state index in [0.29, 0.717) is 55.1 Å². The molecular weight excluding hydrogens is 471 g/mol. The molecule has 2 aromatic rings. The van der Waals surface area contributed by atoms with Crippen molar-refractivity contribution in [1.82, 2.24) is 9.97 Å². The number of aliphatic hydroxyl groups is 2. The minimum absolute atomic E-state index is 0.0150. The Morgan fingerprint density at radius 2 is 1.58 bits per heavy atom. The van der Waals surface area contributed by atoms with E-state index in [1.54, 1.807) is 6.92 Å². The van der Waals surface area contributed by atoms with Crippen LogP contribution in [0, 0.1) is 42.1 Å². The number of amidine groups is 1. The monoisotopic (exact) mass is 501 g/mol. The van der Waals surface area contributed by atoms with Crippen LogP contribution in [0.15, 0.2) is 23.3 Å². The highest BCUT2D eigenvalue weighted by atomic mass is 19.1. The van der Waals surface area contributed by atoms with Gasteiger partial charge in [0, 0.05) is 24.1 Å². The molecule has 0 unspecified atom stereocenters. The van der Waals surface area contributed by atoms with E-state index in [-0.39, 0.29) is 30.0 Å². The summed E-state index contributed by atoms with van der Waals surface area (Å²) < 4.78 is 41.9. The SMILES string of the molecule is Cc1nc(NC2CCC(O)CC2)ncc1NC(C#CC1CCC(O)CC1)=Nc1c(F)cc(F)cc1F. The smallest absolute Gasteiger partial charge is 0.223 e. The zero-order valence-corrected chi connectivity index (χ0v) is 20.1. The molecule has 7 nitrogen and oxygen atoms in total. The van der Waals surface area contributed by atoms with Crippen LogP contribution in [0.1, 0.15) is 57.1 Å². The second kappa shape index (κ2) is 11.7. The molecule has 1 aromatic heterocycles. The maximum atomic E-state index is 14.3. The number of halogens is 3. The predicted molar refractivity (Wildman–Crippen MR) is 131 cm³/mol. The number of aliphatic hydroxyl groups excluding tert-OH is 2. The van der Waals surface area contributed by atoms with Gasteiger partial charge < -0.3 is 20.8 Å². The number of hydrogen-bond acceptors (Lipinski definition) is 6. The summed E-state index contributed by atoms with van der Waals surface area (Å²) in [4.78, 5) is 12.8. The van der Waals surface area contributed by atoms with E-state index in [9.17, 15) is 23.4 Å². The van der Waals surface area contributed by atoms with Gasteiger partial charge in [-0.15, -0.1) is 0 Å². The van der Waals surface area contributed by atoms with Crippen molar-refractivity contribution in [2.45, 2.75) is 76.5 Å². The fourth-order valence-corrected chi connectivity index (χ4v) is 4.42. The third-order valence-electron chi connectivity index (χ3n) is 6.56. The Balaban J connectivity index is 1.56. The Kier molecular flexibility index (Phi) is 8.44. The van der Waals surface area contributed by atoms with E-state index in [1.807, 2.05) is 0 Å². The van der Waals surface area contributed by atoms with Crippen molar-refractivity contribution in [3.05, 3.63) is 41.5 Å². The lowest BCUT2D eigenvalue weighted by molar-refractivity contribution is 0.119. The van der Waals surface area contributed by atoms with Gasteiger partial charge in [0.15, 0.2) is 17.5 Å². The second-order valence-electron chi connectivity index (χ2n) is 9.42. The van der Waals surface area contributed by atoms with Crippen LogP contribution in [0.3, 0.4) is 0 Å². The molecule has 0 amide bonds. The molecule has 2 saturated carbocycles. The number of aliphatic imine (C=N–C) groups is 1. The van der Waals surface area contributed by atoms with Gasteiger partial charge in [-0.05, 0) is 64.2 Å². The quantitative estimate of drug-likeness (QED) is 0.277. The fraction of sp³-hybridized carbons (Fsp3) is 0.500. The molecule has 0 atom stereocenters. The summed E-state index contributed by atoms with van der Waals surface area (Å²) in [5.74, 6) is 3.06. The molecule has 2 aliphatic carbocycles. The third kappa shape index (κ3) is 6.95. The summed E-state index contributed by atoms with van der Waals surface area (Å²) in [7, 11) is 0. The highest BCUT2D eigenvalue weighted by Gasteiger charge is 2.21. The first-order valence-electron chi connectivity index (χ1n) is 12.2. The van der Waals surface area contributed by atoms with E-state index >= 15 is 0 Å². The Morgan fingerprint density at radius 3 is 2.19 bits per heavy atom. The van der Waals surface area contributed by atoms with Crippen molar-refractivity contribution in [2.24, 2.45) is 10.9 Å². The average molecular weight is 502 g/mol. The Labute approximate surface area is 208 Å². The molecule has 0 spiro atoms. The second-order valence-corrected chi connectivity index (χ2v) is 9.42. The van der Waals surface area contributed by atoms with Gasteiger partial charge in [-0.2, -0.15) is 0 Å². The first-order chi connectivity index (χ1) is 17.3. The zero-order chi connectivity index (χ0) is 25.7. The molecule has 0 radical (unpaired) electrons. The van der Waals surface area contributed by atoms with Crippen LogP contribution in [0.4, 0.5) is 30.5 Å². The summed E-state index contributed by atoms with van der Waals surface area (Å²) in [6, 6.07) is 1.30. The van der Waals surface area contributed by atoms with E-state index in [4.69, 9.17) is 0 Å². The van der Waals surface area contributed by atoms with Crippen LogP contribution >= 0.6 is 0 Å². The molecule has 192 valence electrons. The van der Waals surface area contributed by atoms with Crippen LogP contribution in [-0.4, -0.2) is 44.3 Å². The van der Waals surface area contributed by atoms with Crippen molar-refractivity contribution in [1.29, 1.82) is 0 Å². The van der Waals surface area contributed by atoms with Crippen LogP contribution in [0.5, 0.6) is 0 Å². The molecule has 36 heavy (non-hydrogen) atoms. The first kappa shape index (κ1) is 25.9. The number of rotatable bonds is 4. The van der Waals surface area contributed by atoms with Gasteiger partial charge in [0.2, 0.25) is 5.95 Å². The first-order valence-corrected chi connectivity index (χ1v) is 12.2. The molecule has 2 aliphatic rings. The summed E-state index contributed by atoms with van der Waals surface area (Å²) in [5.41, 5.74) is 0.372. The van der Waals surface area contributed by atoms with Gasteiger partial charge in [0.1, 0.15) is 11.5 Å². The molecule has 2 fully saturated rings. The number of aryl methyl sites for hydroxylation is 1. The van der Waals surface area contributed by atoms with Gasteiger partial charge in [0.05, 0.1) is 29.8 Å². The molecule has 1 heterocycles. The minimum Gasteiger partial charge on any atom is -0.393 e. The number of aromatic nitrogens is 2. The van der Waals surface area contributed by atoms with Crippen molar-refractivity contribution >= 4 is 23.2 Å². The number of benzene rings is 1. The minimum atomic E-state index is -1.14. The van der Waals surface area contributed by atoms with Crippen molar-refractivity contribution in [3.8, 4) is 11.8 Å². The molecular formula is C26H30F3N5O2. The van der Waals surface area contributed by atoms with Crippen LogP contribution in [0.25, 0.3) is 0 Å². The van der Waals surface area contributed by atoms with Crippen molar-refractivity contribution in [2.75, 3.05) is 10.6 Å². The van der Waals surface area contributed by atoms with E-state index in [2.05, 4.69) is 37.4 Å². The van der Waals surface area contributed by atoms with Crippen LogP contribution in [-0.2, 0) is 0 Å². The Hall–Kier alpha value is -3.16. The molecule has 10 heteroatoms. The predicted octanol–water partition coefficient (Wildman–Crippen LogP) is 4.61. The van der Waals surface area contributed by atoms with E-state index < -0.39 is 23.1 Å². The van der Waals surface area contributed by atoms with Gasteiger partial charge in [0.25, 0.3) is 0 Å². The summed E-state index contributed by atoms with van der Waals surface area (Å²) in [6.07, 6.45) is 6.75. The topological polar surface area (TPSA) is 103 Å². The third-order valence-corrected chi connectivity index (χ3v) is 6.56. The highest BCUT2D eigenvalue weighted by molar-refractivity contribution is 6.09. The Bertz CT molecular complexity index is 1140. The largest absolute Gasteiger partial charge is 0.393 e. The van der Waals surface area contributed by atoms with Crippen LogP contribution < -0.4 is 10.6 Å². The molecule has 0 aliphatic heterocycles. The molecule has 4 rings (SSSR count). The molecule has 0 bridgehead atoms. The lowest BCUT2D eigenvalue weighted by atomic mass is 9.88. The van der Waals surface area contributed by atoms with Crippen molar-refractivity contribution < 1.29 is 23.4 Å². The lowest BCUT2D eigenvalue weighted by Crippen LogP contribution is -2.29. The summed E-state index contributed by atoms with van der Waals surface area (Å²) in [5, 5.41) is 25.6. The zero-order valence-electron chi connectivity index (χ0n) is 20.1. The average Bonchev–Trinajstić information content (AvgIpc) is 2.83. The molecule has 4 N–H and O–H groups in total. The van der Waals surface area contributed by atoms with E-state index in [1.165, 1.54) is 6.20 Å². The fourth-order valence-electron chi connectivity index (χ4n) is 4.42. The highest BCUT2D eigenvalue weighted by Crippen LogP contribution is 2.26. The lowest BCUT2D eigenvalue weighted by Gasteiger charge is -2.26. The molecule has 0 saturated heterocycles. The number of nitrogens with zero attached hydrogens (tertiary/aromatic N) is 3. The maximum Gasteiger partial charge on any atom is 0.223 e. The van der Waals surface area contributed by atoms with E-state index in [0.717, 1.165) is 25.7 Å². The van der Waals surface area contributed by atoms with Gasteiger partial charge in [-0.3, -0.25) is 0 Å². The van der Waals surface area contributed by atoms with Gasteiger partial charge in [-0.1, -0.05) is 5.92 Å². The summed E-state index contributed by atoms with van der Waals surface area (Å²) in [6.45, 7) is 1.76. The Morgan fingerprint density at radius 1 is 0.972 bits per heavy atom. The van der Waals surface area contributed by atoms with Crippen molar-refractivity contribution in [3.63, 3.8) is 0 Å². The number of anilines is 2. The normalized spacial score (nSPS) is 24.6. The number of nitrogens with one attached hydrogen (secondary N) is 2. The standard InChI is InChI=1S/C26H30F3N5O2/c1-15-23(14-30-26(31-15)32-18-5-9-20(36)10-6-18)33-24(11-4-16-2-7-19(35)8-3-16)34-25-21(28)12-17(27)13-22(25)29/h12-14,16,18-20,35-36H,2-3,5-10H2,1H3,(H,33,34)(H,30,31,32). The summed E-state index contributed by atoms with van der Waals surface area (Å²) >= 11 is 0.